The van der Waals surface area contributed by atoms with E-state index in [-0.39, 0.29) is 35.2 Å². The molecule has 0 spiro atoms. The standard InChI is InChI=1S/C17H24ClFNO2P/c18-15-3-1-2-13(16(15)19)14-8-12(10-21)20(17(14)23)9-11-4-6-22-7-5-11/h1-3,11-12,14,17,21H,4-10,23H2/t12-,14?,17?/m1/s1. The van der Waals surface area contributed by atoms with E-state index in [9.17, 15) is 9.50 Å². The van der Waals surface area contributed by atoms with Crippen molar-refractivity contribution in [1.82, 2.24) is 4.90 Å². The smallest absolute Gasteiger partial charge is 0.145 e. The summed E-state index contributed by atoms with van der Waals surface area (Å²) in [5.74, 6) is 0.415. The Bertz CT molecular complexity index is 541. The highest BCUT2D eigenvalue weighted by Crippen LogP contribution is 2.43. The number of rotatable bonds is 4. The summed E-state index contributed by atoms with van der Waals surface area (Å²) in [6, 6.07) is 5.27. The van der Waals surface area contributed by atoms with Gasteiger partial charge in [0.15, 0.2) is 0 Å². The highest BCUT2D eigenvalue weighted by atomic mass is 35.5. The Labute approximate surface area is 144 Å². The Morgan fingerprint density at radius 1 is 1.35 bits per heavy atom. The number of likely N-dealkylation sites (tertiary alicyclic amines) is 1. The highest BCUT2D eigenvalue weighted by molar-refractivity contribution is 7.17. The zero-order valence-electron chi connectivity index (χ0n) is 13.1. The lowest BCUT2D eigenvalue weighted by Crippen LogP contribution is -2.40. The first-order chi connectivity index (χ1) is 11.1. The van der Waals surface area contributed by atoms with Crippen molar-refractivity contribution < 1.29 is 14.2 Å². The van der Waals surface area contributed by atoms with Gasteiger partial charge in [-0.1, -0.05) is 23.7 Å². The van der Waals surface area contributed by atoms with Crippen molar-refractivity contribution in [3.8, 4) is 0 Å². The number of hydrogen-bond acceptors (Lipinski definition) is 3. The van der Waals surface area contributed by atoms with Crippen molar-refractivity contribution in [2.75, 3.05) is 26.4 Å². The average molecular weight is 360 g/mol. The number of nitrogens with zero attached hydrogens (tertiary/aromatic N) is 1. The van der Waals surface area contributed by atoms with Crippen LogP contribution in [0, 0.1) is 11.7 Å². The summed E-state index contributed by atoms with van der Waals surface area (Å²) in [5.41, 5.74) is 0.658. The van der Waals surface area contributed by atoms with Crippen LogP contribution in [-0.4, -0.2) is 48.2 Å². The van der Waals surface area contributed by atoms with Crippen LogP contribution in [0.15, 0.2) is 18.2 Å². The number of aliphatic hydroxyl groups excluding tert-OH is 1. The van der Waals surface area contributed by atoms with Crippen LogP contribution in [-0.2, 0) is 4.74 Å². The Balaban J connectivity index is 1.77. The second kappa shape index (κ2) is 7.76. The number of halogens is 2. The molecular weight excluding hydrogens is 336 g/mol. The molecule has 2 heterocycles. The van der Waals surface area contributed by atoms with Crippen LogP contribution in [0.5, 0.6) is 0 Å². The number of benzene rings is 1. The van der Waals surface area contributed by atoms with Gasteiger partial charge < -0.3 is 9.84 Å². The molecule has 0 bridgehead atoms. The maximum Gasteiger partial charge on any atom is 0.145 e. The summed E-state index contributed by atoms with van der Waals surface area (Å²) in [6.45, 7) is 2.67. The minimum Gasteiger partial charge on any atom is -0.395 e. The van der Waals surface area contributed by atoms with Gasteiger partial charge in [-0.15, -0.1) is 9.24 Å². The van der Waals surface area contributed by atoms with E-state index >= 15 is 0 Å². The molecule has 3 rings (SSSR count). The third kappa shape index (κ3) is 3.72. The van der Waals surface area contributed by atoms with E-state index in [1.54, 1.807) is 12.1 Å². The number of aliphatic hydroxyl groups is 1. The first-order valence-corrected chi connectivity index (χ1v) is 9.30. The predicted octanol–water partition coefficient (Wildman–Crippen LogP) is 3.26. The fourth-order valence-electron chi connectivity index (χ4n) is 3.84. The molecule has 2 aliphatic rings. The monoisotopic (exact) mass is 359 g/mol. The van der Waals surface area contributed by atoms with Gasteiger partial charge in [-0.3, -0.25) is 4.90 Å². The van der Waals surface area contributed by atoms with Gasteiger partial charge in [-0.05, 0) is 36.8 Å². The van der Waals surface area contributed by atoms with Gasteiger partial charge in [-0.25, -0.2) is 4.39 Å². The summed E-state index contributed by atoms with van der Waals surface area (Å²) in [4.78, 5) is 2.33. The fourth-order valence-corrected chi connectivity index (χ4v) is 4.75. The van der Waals surface area contributed by atoms with Crippen molar-refractivity contribution in [2.45, 2.75) is 37.0 Å². The molecule has 1 aromatic carbocycles. The van der Waals surface area contributed by atoms with Crippen molar-refractivity contribution in [1.29, 1.82) is 0 Å². The molecule has 0 amide bonds. The van der Waals surface area contributed by atoms with Crippen LogP contribution in [0.1, 0.15) is 30.7 Å². The van der Waals surface area contributed by atoms with E-state index in [1.807, 2.05) is 6.07 Å². The normalized spacial score (nSPS) is 30.0. The molecule has 0 aromatic heterocycles. The zero-order valence-corrected chi connectivity index (χ0v) is 15.0. The zero-order chi connectivity index (χ0) is 16.4. The Morgan fingerprint density at radius 2 is 2.09 bits per heavy atom. The molecule has 4 atom stereocenters. The third-order valence-corrected chi connectivity index (χ3v) is 6.33. The van der Waals surface area contributed by atoms with Crippen LogP contribution in [0.3, 0.4) is 0 Å². The maximum atomic E-state index is 14.4. The second-order valence-electron chi connectivity index (χ2n) is 6.56. The first kappa shape index (κ1) is 17.6. The lowest BCUT2D eigenvalue weighted by molar-refractivity contribution is 0.0437. The molecule has 3 nitrogen and oxygen atoms in total. The minimum atomic E-state index is -0.323. The molecule has 0 saturated carbocycles. The molecule has 3 unspecified atom stereocenters. The van der Waals surface area contributed by atoms with E-state index in [0.29, 0.717) is 11.5 Å². The van der Waals surface area contributed by atoms with Crippen LogP contribution >= 0.6 is 20.8 Å². The summed E-state index contributed by atoms with van der Waals surface area (Å²) >= 11 is 5.94. The molecule has 6 heteroatoms. The highest BCUT2D eigenvalue weighted by Gasteiger charge is 2.41. The van der Waals surface area contributed by atoms with Crippen molar-refractivity contribution >= 4 is 20.8 Å². The molecule has 0 aliphatic carbocycles. The fraction of sp³-hybridized carbons (Fsp3) is 0.647. The van der Waals surface area contributed by atoms with Gasteiger partial charge in [-0.2, -0.15) is 0 Å². The number of ether oxygens (including phenoxy) is 1. The second-order valence-corrected chi connectivity index (χ2v) is 7.66. The van der Waals surface area contributed by atoms with Crippen LogP contribution in [0.2, 0.25) is 5.02 Å². The largest absolute Gasteiger partial charge is 0.395 e. The quantitative estimate of drug-likeness (QED) is 0.838. The van der Waals surface area contributed by atoms with Crippen molar-refractivity contribution in [2.24, 2.45) is 5.92 Å². The maximum absolute atomic E-state index is 14.4. The van der Waals surface area contributed by atoms with Gasteiger partial charge in [0.1, 0.15) is 5.82 Å². The summed E-state index contributed by atoms with van der Waals surface area (Å²) < 4.78 is 19.8. The molecule has 2 fully saturated rings. The van der Waals surface area contributed by atoms with Gasteiger partial charge in [0.05, 0.1) is 11.6 Å². The van der Waals surface area contributed by atoms with Gasteiger partial charge in [0.25, 0.3) is 0 Å². The number of hydrogen-bond donors (Lipinski definition) is 1. The Morgan fingerprint density at radius 3 is 2.78 bits per heavy atom. The van der Waals surface area contributed by atoms with E-state index < -0.39 is 0 Å². The van der Waals surface area contributed by atoms with E-state index in [0.717, 1.165) is 39.0 Å². The van der Waals surface area contributed by atoms with E-state index in [1.165, 1.54) is 0 Å². The topological polar surface area (TPSA) is 32.7 Å². The molecule has 2 aliphatic heterocycles. The van der Waals surface area contributed by atoms with E-state index in [4.69, 9.17) is 16.3 Å². The molecule has 2 saturated heterocycles. The first-order valence-electron chi connectivity index (χ1n) is 8.25. The molecule has 23 heavy (non-hydrogen) atoms. The van der Waals surface area contributed by atoms with Crippen LogP contribution in [0.4, 0.5) is 4.39 Å². The minimum absolute atomic E-state index is 0.0377. The molecule has 128 valence electrons. The summed E-state index contributed by atoms with van der Waals surface area (Å²) in [6.07, 6.45) is 2.87. The van der Waals surface area contributed by atoms with Crippen molar-refractivity contribution in [3.63, 3.8) is 0 Å². The average Bonchev–Trinajstić information content (AvgIpc) is 2.87. The van der Waals surface area contributed by atoms with Gasteiger partial charge >= 0.3 is 0 Å². The predicted molar refractivity (Wildman–Crippen MR) is 93.4 cm³/mol. The lowest BCUT2D eigenvalue weighted by Gasteiger charge is -2.33. The molecule has 1 N–H and O–H groups in total. The summed E-state index contributed by atoms with van der Waals surface area (Å²) in [5, 5.41) is 9.95. The lowest BCUT2D eigenvalue weighted by atomic mass is 9.95. The SMILES string of the molecule is OC[C@H]1CC(c2cccc(Cl)c2F)C(P)N1CC1CCOCC1. The Hall–Kier alpha value is -0.250. The molecule has 1 aromatic rings. The Kier molecular flexibility index (Phi) is 5.92. The van der Waals surface area contributed by atoms with E-state index in [2.05, 4.69) is 14.1 Å². The van der Waals surface area contributed by atoms with Gasteiger partial charge in [0.2, 0.25) is 0 Å². The van der Waals surface area contributed by atoms with Crippen LogP contribution < -0.4 is 0 Å². The third-order valence-electron chi connectivity index (χ3n) is 5.19. The molecular formula is C17H24ClFNO2P. The summed E-state index contributed by atoms with van der Waals surface area (Å²) in [7, 11) is 2.85. The van der Waals surface area contributed by atoms with Crippen molar-refractivity contribution in [3.05, 3.63) is 34.6 Å². The van der Waals surface area contributed by atoms with Crippen LogP contribution in [0.25, 0.3) is 0 Å². The molecule has 0 radical (unpaired) electrons. The van der Waals surface area contributed by atoms with Gasteiger partial charge in [0, 0.05) is 37.5 Å².